The van der Waals surface area contributed by atoms with Crippen LogP contribution in [-0.2, 0) is 0 Å². The minimum absolute atomic E-state index is 0.244. The fourth-order valence-electron chi connectivity index (χ4n) is 1.56. The van der Waals surface area contributed by atoms with Crippen molar-refractivity contribution in [2.75, 3.05) is 0 Å². The van der Waals surface area contributed by atoms with E-state index in [-0.39, 0.29) is 5.75 Å². The summed E-state index contributed by atoms with van der Waals surface area (Å²) in [5.41, 5.74) is 2.86. The van der Waals surface area contributed by atoms with Crippen molar-refractivity contribution in [3.8, 4) is 5.75 Å². The van der Waals surface area contributed by atoms with E-state index in [9.17, 15) is 5.11 Å². The van der Waals surface area contributed by atoms with Crippen molar-refractivity contribution in [2.45, 2.75) is 13.8 Å². The molecule has 82 valence electrons. The van der Waals surface area contributed by atoms with Gasteiger partial charge in [0.15, 0.2) is 0 Å². The van der Waals surface area contributed by atoms with Gasteiger partial charge < -0.3 is 5.11 Å². The quantitative estimate of drug-likeness (QED) is 0.767. The molecule has 1 N–H and O–H groups in total. The molecule has 0 aliphatic rings. The highest BCUT2D eigenvalue weighted by atomic mass is 16.3. The van der Waals surface area contributed by atoms with Crippen molar-refractivity contribution in [1.82, 2.24) is 4.68 Å². The Morgan fingerprint density at radius 3 is 2.31 bits per heavy atom. The van der Waals surface area contributed by atoms with Gasteiger partial charge in [-0.2, -0.15) is 5.10 Å². The lowest BCUT2D eigenvalue weighted by atomic mass is 10.2. The van der Waals surface area contributed by atoms with Gasteiger partial charge in [0.25, 0.3) is 0 Å². The van der Waals surface area contributed by atoms with Crippen LogP contribution >= 0.6 is 0 Å². The van der Waals surface area contributed by atoms with Gasteiger partial charge in [-0.1, -0.05) is 12.1 Å². The monoisotopic (exact) mass is 214 g/mol. The van der Waals surface area contributed by atoms with E-state index >= 15 is 0 Å². The van der Waals surface area contributed by atoms with Gasteiger partial charge in [0.2, 0.25) is 0 Å². The largest absolute Gasteiger partial charge is 0.507 e. The number of phenols is 1. The van der Waals surface area contributed by atoms with Crippen molar-refractivity contribution >= 4 is 6.21 Å². The van der Waals surface area contributed by atoms with Crippen molar-refractivity contribution in [1.29, 1.82) is 0 Å². The Morgan fingerprint density at radius 1 is 1.06 bits per heavy atom. The maximum absolute atomic E-state index is 9.58. The molecule has 0 radical (unpaired) electrons. The third kappa shape index (κ3) is 1.98. The van der Waals surface area contributed by atoms with Crippen LogP contribution in [-0.4, -0.2) is 16.0 Å². The predicted octanol–water partition coefficient (Wildman–Crippen LogP) is 2.69. The van der Waals surface area contributed by atoms with Gasteiger partial charge in [0, 0.05) is 17.0 Å². The molecular formula is C13H14N2O. The fraction of sp³-hybridized carbons (Fsp3) is 0.154. The van der Waals surface area contributed by atoms with E-state index in [1.807, 2.05) is 42.8 Å². The highest BCUT2D eigenvalue weighted by Gasteiger charge is 1.99. The molecule has 0 aliphatic carbocycles. The first-order valence-corrected chi connectivity index (χ1v) is 5.16. The number of rotatable bonds is 2. The van der Waals surface area contributed by atoms with Crippen LogP contribution in [0, 0.1) is 13.8 Å². The number of aromatic nitrogens is 1. The van der Waals surface area contributed by atoms with Gasteiger partial charge in [-0.3, -0.25) is 0 Å². The molecule has 2 rings (SSSR count). The van der Waals surface area contributed by atoms with Gasteiger partial charge in [0.05, 0.1) is 6.21 Å². The molecule has 0 amide bonds. The van der Waals surface area contributed by atoms with Crippen LogP contribution in [0.1, 0.15) is 17.0 Å². The Labute approximate surface area is 94.7 Å². The van der Waals surface area contributed by atoms with Crippen LogP contribution in [0.15, 0.2) is 41.5 Å². The summed E-state index contributed by atoms with van der Waals surface area (Å²) in [4.78, 5) is 0. The maximum Gasteiger partial charge on any atom is 0.124 e. The lowest BCUT2D eigenvalue weighted by Gasteiger charge is -2.01. The standard InChI is InChI=1S/C13H14N2O/c1-10-7-8-11(2)15(10)14-9-12-5-3-4-6-13(12)16/h3-9,16H,1-2H3. The number of nitrogens with zero attached hydrogens (tertiary/aromatic N) is 2. The summed E-state index contributed by atoms with van der Waals surface area (Å²) < 4.78 is 1.84. The number of phenolic OH excluding ortho intramolecular Hbond substituents is 1. The van der Waals surface area contributed by atoms with Crippen LogP contribution in [0.3, 0.4) is 0 Å². The van der Waals surface area contributed by atoms with Crippen molar-refractivity contribution < 1.29 is 5.11 Å². The summed E-state index contributed by atoms with van der Waals surface area (Å²) in [6.45, 7) is 3.99. The van der Waals surface area contributed by atoms with Crippen LogP contribution in [0.5, 0.6) is 5.75 Å². The molecule has 0 fully saturated rings. The van der Waals surface area contributed by atoms with Gasteiger partial charge in [-0.25, -0.2) is 4.68 Å². The number of benzene rings is 1. The van der Waals surface area contributed by atoms with Gasteiger partial charge >= 0.3 is 0 Å². The second kappa shape index (κ2) is 4.23. The van der Waals surface area contributed by atoms with Crippen molar-refractivity contribution in [3.63, 3.8) is 0 Å². The minimum atomic E-state index is 0.244. The van der Waals surface area contributed by atoms with Crippen LogP contribution in [0.25, 0.3) is 0 Å². The molecule has 0 saturated heterocycles. The second-order valence-electron chi connectivity index (χ2n) is 3.73. The van der Waals surface area contributed by atoms with E-state index in [0.29, 0.717) is 0 Å². The molecule has 0 aliphatic heterocycles. The molecule has 3 heteroatoms. The number of para-hydroxylation sites is 1. The zero-order valence-electron chi connectivity index (χ0n) is 9.38. The summed E-state index contributed by atoms with van der Waals surface area (Å²) in [6, 6.07) is 11.2. The summed E-state index contributed by atoms with van der Waals surface area (Å²) in [5, 5.41) is 13.9. The molecule has 0 bridgehead atoms. The average molecular weight is 214 g/mol. The van der Waals surface area contributed by atoms with E-state index in [1.54, 1.807) is 18.3 Å². The topological polar surface area (TPSA) is 37.5 Å². The molecule has 2 aromatic rings. The maximum atomic E-state index is 9.58. The molecule has 1 aromatic heterocycles. The SMILES string of the molecule is Cc1ccc(C)n1N=Cc1ccccc1O. The van der Waals surface area contributed by atoms with Crippen LogP contribution in [0.4, 0.5) is 0 Å². The van der Waals surface area contributed by atoms with E-state index in [1.165, 1.54) is 0 Å². The second-order valence-corrected chi connectivity index (χ2v) is 3.73. The zero-order valence-corrected chi connectivity index (χ0v) is 9.38. The molecule has 3 nitrogen and oxygen atoms in total. The lowest BCUT2D eigenvalue weighted by Crippen LogP contribution is -1.95. The molecule has 0 atom stereocenters. The molecule has 0 unspecified atom stereocenters. The number of aryl methyl sites for hydroxylation is 2. The van der Waals surface area contributed by atoms with Crippen molar-refractivity contribution in [2.24, 2.45) is 5.10 Å². The summed E-state index contributed by atoms with van der Waals surface area (Å²) >= 11 is 0. The molecule has 0 saturated carbocycles. The number of hydrogen-bond donors (Lipinski definition) is 1. The Bertz CT molecular complexity index is 507. The third-order valence-corrected chi connectivity index (χ3v) is 2.48. The first kappa shape index (κ1) is 10.5. The summed E-state index contributed by atoms with van der Waals surface area (Å²) in [5.74, 6) is 0.244. The smallest absolute Gasteiger partial charge is 0.124 e. The van der Waals surface area contributed by atoms with Gasteiger partial charge in [-0.15, -0.1) is 0 Å². The summed E-state index contributed by atoms with van der Waals surface area (Å²) in [6.07, 6.45) is 1.66. The highest BCUT2D eigenvalue weighted by Crippen LogP contribution is 2.13. The first-order chi connectivity index (χ1) is 7.68. The Balaban J connectivity index is 2.32. The minimum Gasteiger partial charge on any atom is -0.507 e. The normalized spacial score (nSPS) is 11.1. The number of hydrogen-bond acceptors (Lipinski definition) is 2. The zero-order chi connectivity index (χ0) is 11.5. The lowest BCUT2D eigenvalue weighted by molar-refractivity contribution is 0.474. The average Bonchev–Trinajstić information content (AvgIpc) is 2.58. The molecule has 0 spiro atoms. The van der Waals surface area contributed by atoms with Crippen molar-refractivity contribution in [3.05, 3.63) is 53.3 Å². The van der Waals surface area contributed by atoms with E-state index in [0.717, 1.165) is 17.0 Å². The van der Waals surface area contributed by atoms with E-state index < -0.39 is 0 Å². The Hall–Kier alpha value is -2.03. The van der Waals surface area contributed by atoms with Crippen LogP contribution in [0.2, 0.25) is 0 Å². The molecular weight excluding hydrogens is 200 g/mol. The first-order valence-electron chi connectivity index (χ1n) is 5.16. The predicted molar refractivity (Wildman–Crippen MR) is 65.0 cm³/mol. The molecule has 16 heavy (non-hydrogen) atoms. The summed E-state index contributed by atoms with van der Waals surface area (Å²) in [7, 11) is 0. The fourth-order valence-corrected chi connectivity index (χ4v) is 1.56. The number of aromatic hydroxyl groups is 1. The Morgan fingerprint density at radius 2 is 1.69 bits per heavy atom. The Kier molecular flexibility index (Phi) is 2.77. The highest BCUT2D eigenvalue weighted by molar-refractivity contribution is 5.83. The van der Waals surface area contributed by atoms with Crippen LogP contribution < -0.4 is 0 Å². The van der Waals surface area contributed by atoms with E-state index in [2.05, 4.69) is 5.10 Å². The molecule has 1 heterocycles. The van der Waals surface area contributed by atoms with Gasteiger partial charge in [0.1, 0.15) is 5.75 Å². The van der Waals surface area contributed by atoms with Gasteiger partial charge in [-0.05, 0) is 38.1 Å². The van der Waals surface area contributed by atoms with E-state index in [4.69, 9.17) is 0 Å². The third-order valence-electron chi connectivity index (χ3n) is 2.48. The molecule has 1 aromatic carbocycles.